The van der Waals surface area contributed by atoms with E-state index in [2.05, 4.69) is 67.7 Å². The molecule has 1 aliphatic rings. The van der Waals surface area contributed by atoms with Crippen molar-refractivity contribution in [2.45, 2.75) is 51.6 Å². The third-order valence-electron chi connectivity index (χ3n) is 4.65. The number of hydrogen-bond donors (Lipinski definition) is 1. The lowest BCUT2D eigenvalue weighted by Crippen LogP contribution is -2.25. The lowest BCUT2D eigenvalue weighted by molar-refractivity contribution is 0.437. The van der Waals surface area contributed by atoms with E-state index in [0.29, 0.717) is 12.1 Å². The van der Waals surface area contributed by atoms with Crippen molar-refractivity contribution in [2.75, 3.05) is 0 Å². The first kappa shape index (κ1) is 14.3. The minimum absolute atomic E-state index is 0.391. The van der Waals surface area contributed by atoms with Gasteiger partial charge < -0.3 is 5.32 Å². The summed E-state index contributed by atoms with van der Waals surface area (Å²) in [5, 5.41) is 3.85. The number of fused-ring (bicyclic) bond motifs is 1. The second-order valence-electron chi connectivity index (χ2n) is 6.30. The number of nitrogens with one attached hydrogen (secondary N) is 1. The molecular weight excluding hydrogens is 254 g/mol. The molecule has 2 unspecified atom stereocenters. The highest BCUT2D eigenvalue weighted by molar-refractivity contribution is 5.32. The van der Waals surface area contributed by atoms with E-state index >= 15 is 0 Å². The van der Waals surface area contributed by atoms with Crippen molar-refractivity contribution in [3.63, 3.8) is 0 Å². The quantitative estimate of drug-likeness (QED) is 0.769. The minimum atomic E-state index is 0.391. The fourth-order valence-corrected chi connectivity index (χ4v) is 3.35. The van der Waals surface area contributed by atoms with E-state index in [9.17, 15) is 0 Å². The van der Waals surface area contributed by atoms with Crippen LogP contribution in [0.4, 0.5) is 0 Å². The van der Waals surface area contributed by atoms with E-state index < -0.39 is 0 Å². The summed E-state index contributed by atoms with van der Waals surface area (Å²) >= 11 is 0. The molecule has 0 aliphatic heterocycles. The predicted molar refractivity (Wildman–Crippen MR) is 89.5 cm³/mol. The van der Waals surface area contributed by atoms with Crippen molar-refractivity contribution in [1.29, 1.82) is 0 Å². The number of hydrogen-bond acceptors (Lipinski definition) is 1. The zero-order valence-electron chi connectivity index (χ0n) is 13.1. The van der Waals surface area contributed by atoms with Gasteiger partial charge in [0.2, 0.25) is 0 Å². The maximum absolute atomic E-state index is 3.85. The molecule has 0 saturated carbocycles. The van der Waals surface area contributed by atoms with Crippen LogP contribution in [-0.2, 0) is 6.42 Å². The molecule has 2 atom stereocenters. The van der Waals surface area contributed by atoms with Gasteiger partial charge in [-0.1, -0.05) is 60.5 Å². The molecule has 0 heterocycles. The fraction of sp³-hybridized carbons (Fsp3) is 0.400. The van der Waals surface area contributed by atoms with Crippen LogP contribution in [0.3, 0.4) is 0 Å². The molecule has 0 bridgehead atoms. The van der Waals surface area contributed by atoms with Gasteiger partial charge in [-0.3, -0.25) is 0 Å². The lowest BCUT2D eigenvalue weighted by atomic mass is 9.97. The van der Waals surface area contributed by atoms with Gasteiger partial charge in [-0.15, -0.1) is 0 Å². The zero-order chi connectivity index (χ0) is 14.7. The standard InChI is InChI=1S/C20H25N/c1-15-11-13-17(14-12-15)16(2)21-20-10-6-4-8-18-7-3-5-9-19(18)20/h3,5,7,9,11-14,16,20-21H,4,6,8,10H2,1-2H3. The summed E-state index contributed by atoms with van der Waals surface area (Å²) in [5.41, 5.74) is 5.74. The molecule has 0 radical (unpaired) electrons. The van der Waals surface area contributed by atoms with E-state index in [1.165, 1.54) is 47.9 Å². The number of benzene rings is 2. The van der Waals surface area contributed by atoms with Crippen LogP contribution >= 0.6 is 0 Å². The molecule has 0 aromatic heterocycles. The molecule has 1 heteroatoms. The van der Waals surface area contributed by atoms with E-state index in [1.54, 1.807) is 0 Å². The Kier molecular flexibility index (Phi) is 4.40. The molecule has 21 heavy (non-hydrogen) atoms. The third kappa shape index (κ3) is 3.36. The molecule has 0 fully saturated rings. The predicted octanol–water partition coefficient (Wildman–Crippen LogP) is 5.11. The van der Waals surface area contributed by atoms with Crippen LogP contribution in [0.25, 0.3) is 0 Å². The molecule has 0 amide bonds. The SMILES string of the molecule is Cc1ccc(C(C)NC2CCCCc3ccccc32)cc1. The Bertz CT molecular complexity index is 585. The maximum Gasteiger partial charge on any atom is 0.0328 e. The first-order chi connectivity index (χ1) is 10.2. The molecule has 1 nitrogen and oxygen atoms in total. The van der Waals surface area contributed by atoms with Crippen molar-refractivity contribution >= 4 is 0 Å². The van der Waals surface area contributed by atoms with Gasteiger partial charge in [-0.25, -0.2) is 0 Å². The normalized spacial score (nSPS) is 19.6. The first-order valence-corrected chi connectivity index (χ1v) is 8.14. The summed E-state index contributed by atoms with van der Waals surface area (Å²) in [7, 11) is 0. The molecule has 0 spiro atoms. The highest BCUT2D eigenvalue weighted by Gasteiger charge is 2.20. The van der Waals surface area contributed by atoms with Crippen molar-refractivity contribution in [3.8, 4) is 0 Å². The van der Waals surface area contributed by atoms with Crippen LogP contribution < -0.4 is 5.32 Å². The Hall–Kier alpha value is -1.60. The van der Waals surface area contributed by atoms with Gasteiger partial charge in [0.1, 0.15) is 0 Å². The van der Waals surface area contributed by atoms with Crippen LogP contribution in [0.1, 0.15) is 60.5 Å². The van der Waals surface area contributed by atoms with Crippen molar-refractivity contribution in [2.24, 2.45) is 0 Å². The van der Waals surface area contributed by atoms with E-state index in [4.69, 9.17) is 0 Å². The molecule has 2 aromatic carbocycles. The van der Waals surface area contributed by atoms with Crippen LogP contribution in [0.15, 0.2) is 48.5 Å². The molecule has 110 valence electrons. The Morgan fingerprint density at radius 1 is 1.00 bits per heavy atom. The topological polar surface area (TPSA) is 12.0 Å². The number of rotatable bonds is 3. The highest BCUT2D eigenvalue weighted by atomic mass is 14.9. The van der Waals surface area contributed by atoms with E-state index in [-0.39, 0.29) is 0 Å². The van der Waals surface area contributed by atoms with Crippen LogP contribution in [-0.4, -0.2) is 0 Å². The highest BCUT2D eigenvalue weighted by Crippen LogP contribution is 2.30. The molecule has 3 rings (SSSR count). The monoisotopic (exact) mass is 279 g/mol. The minimum Gasteiger partial charge on any atom is -0.303 e. The summed E-state index contributed by atoms with van der Waals surface area (Å²) < 4.78 is 0. The van der Waals surface area contributed by atoms with Crippen molar-refractivity contribution in [3.05, 3.63) is 70.8 Å². The average molecular weight is 279 g/mol. The average Bonchev–Trinajstić information content (AvgIpc) is 2.71. The van der Waals surface area contributed by atoms with Crippen LogP contribution in [0.2, 0.25) is 0 Å². The third-order valence-corrected chi connectivity index (χ3v) is 4.65. The second kappa shape index (κ2) is 6.44. The van der Waals surface area contributed by atoms with Crippen molar-refractivity contribution < 1.29 is 0 Å². The summed E-state index contributed by atoms with van der Waals surface area (Å²) in [6.45, 7) is 4.42. The molecular formula is C20H25N. The summed E-state index contributed by atoms with van der Waals surface area (Å²) in [4.78, 5) is 0. The van der Waals surface area contributed by atoms with Gasteiger partial charge in [0, 0.05) is 12.1 Å². The Morgan fingerprint density at radius 3 is 2.57 bits per heavy atom. The van der Waals surface area contributed by atoms with Gasteiger partial charge >= 0.3 is 0 Å². The first-order valence-electron chi connectivity index (χ1n) is 8.14. The largest absolute Gasteiger partial charge is 0.303 e. The molecule has 0 saturated heterocycles. The van der Waals surface area contributed by atoms with Crippen molar-refractivity contribution in [1.82, 2.24) is 5.32 Å². The Balaban J connectivity index is 1.79. The van der Waals surface area contributed by atoms with Gasteiger partial charge in [0.15, 0.2) is 0 Å². The van der Waals surface area contributed by atoms with Gasteiger partial charge in [-0.05, 0) is 49.8 Å². The summed E-state index contributed by atoms with van der Waals surface area (Å²) in [6, 6.07) is 18.7. The Morgan fingerprint density at radius 2 is 1.76 bits per heavy atom. The molecule has 1 N–H and O–H groups in total. The van der Waals surface area contributed by atoms with Gasteiger partial charge in [-0.2, -0.15) is 0 Å². The van der Waals surface area contributed by atoms with Crippen LogP contribution in [0, 0.1) is 6.92 Å². The smallest absolute Gasteiger partial charge is 0.0328 e. The summed E-state index contributed by atoms with van der Waals surface area (Å²) in [6.07, 6.45) is 5.10. The molecule has 1 aliphatic carbocycles. The lowest BCUT2D eigenvalue weighted by Gasteiger charge is -2.24. The Labute approximate surface area is 128 Å². The van der Waals surface area contributed by atoms with Crippen LogP contribution in [0.5, 0.6) is 0 Å². The van der Waals surface area contributed by atoms with E-state index in [1.807, 2.05) is 0 Å². The second-order valence-corrected chi connectivity index (χ2v) is 6.30. The van der Waals surface area contributed by atoms with E-state index in [0.717, 1.165) is 0 Å². The van der Waals surface area contributed by atoms with Gasteiger partial charge in [0.25, 0.3) is 0 Å². The fourth-order valence-electron chi connectivity index (χ4n) is 3.35. The van der Waals surface area contributed by atoms with Gasteiger partial charge in [0.05, 0.1) is 0 Å². The molecule has 2 aromatic rings. The summed E-state index contributed by atoms with van der Waals surface area (Å²) in [5.74, 6) is 0. The maximum atomic E-state index is 3.85. The number of aryl methyl sites for hydroxylation is 2. The zero-order valence-corrected chi connectivity index (χ0v) is 13.1.